The number of aliphatic carboxylic acids is 1. The number of aliphatic hydroxyl groups is 1. The molecular formula is C25H37N5O6S. The highest BCUT2D eigenvalue weighted by molar-refractivity contribution is 7.98. The number of hydrogen-bond acceptors (Lipinski definition) is 7. The Morgan fingerprint density at radius 3 is 2.22 bits per heavy atom. The van der Waals surface area contributed by atoms with E-state index in [1.165, 1.54) is 18.7 Å². The van der Waals surface area contributed by atoms with Crippen LogP contribution in [0.4, 0.5) is 0 Å². The van der Waals surface area contributed by atoms with E-state index in [0.717, 1.165) is 16.5 Å². The summed E-state index contributed by atoms with van der Waals surface area (Å²) in [6.07, 6.45) is 2.82. The number of nitrogens with one attached hydrogen (secondary N) is 4. The molecule has 0 radical (unpaired) electrons. The van der Waals surface area contributed by atoms with Gasteiger partial charge in [0.1, 0.15) is 24.2 Å². The molecule has 2 aromatic rings. The summed E-state index contributed by atoms with van der Waals surface area (Å²) in [7, 11) is 0. The van der Waals surface area contributed by atoms with Crippen LogP contribution in [0.2, 0.25) is 0 Å². The summed E-state index contributed by atoms with van der Waals surface area (Å²) in [5.41, 5.74) is 7.33. The number of aliphatic hydroxyl groups excluding tert-OH is 1. The van der Waals surface area contributed by atoms with Crippen molar-refractivity contribution in [2.24, 2.45) is 11.7 Å². The average Bonchev–Trinajstić information content (AvgIpc) is 3.25. The molecule has 0 bridgehead atoms. The molecular weight excluding hydrogens is 498 g/mol. The predicted octanol–water partition coefficient (Wildman–Crippen LogP) is 0.367. The summed E-state index contributed by atoms with van der Waals surface area (Å²) < 4.78 is 0. The highest BCUT2D eigenvalue weighted by Crippen LogP contribution is 2.19. The first kappa shape index (κ1) is 30.1. The molecule has 12 heteroatoms. The minimum Gasteiger partial charge on any atom is -0.480 e. The van der Waals surface area contributed by atoms with Gasteiger partial charge in [-0.25, -0.2) is 4.79 Å². The number of aromatic nitrogens is 1. The summed E-state index contributed by atoms with van der Waals surface area (Å²) in [6.45, 7) is 4.72. The molecule has 8 N–H and O–H groups in total. The maximum Gasteiger partial charge on any atom is 0.326 e. The quantitative estimate of drug-likeness (QED) is 0.181. The summed E-state index contributed by atoms with van der Waals surface area (Å²) in [5.74, 6) is -3.00. The number of benzene rings is 1. The van der Waals surface area contributed by atoms with Gasteiger partial charge < -0.3 is 36.9 Å². The maximum absolute atomic E-state index is 13.3. The van der Waals surface area contributed by atoms with Gasteiger partial charge in [-0.05, 0) is 42.9 Å². The Balaban J connectivity index is 2.32. The van der Waals surface area contributed by atoms with Crippen molar-refractivity contribution in [3.63, 3.8) is 0 Å². The Hall–Kier alpha value is -3.09. The number of carbonyl (C=O) groups excluding carboxylic acids is 3. The number of para-hydroxylation sites is 1. The van der Waals surface area contributed by atoms with E-state index in [9.17, 15) is 29.4 Å². The fraction of sp³-hybridized carbons (Fsp3) is 0.520. The van der Waals surface area contributed by atoms with Crippen LogP contribution in [-0.4, -0.2) is 81.2 Å². The number of nitrogens with two attached hydrogens (primary N) is 1. The molecule has 37 heavy (non-hydrogen) atoms. The molecule has 0 aliphatic heterocycles. The Bertz CT molecular complexity index is 1090. The van der Waals surface area contributed by atoms with Crippen molar-refractivity contribution in [1.29, 1.82) is 0 Å². The van der Waals surface area contributed by atoms with Gasteiger partial charge in [-0.3, -0.25) is 14.4 Å². The van der Waals surface area contributed by atoms with Crippen LogP contribution >= 0.6 is 11.8 Å². The van der Waals surface area contributed by atoms with Gasteiger partial charge in [0.25, 0.3) is 0 Å². The number of carboxylic acids is 1. The SMILES string of the molecule is CSCCC(NC(=O)C(N)C(C)O)C(=O)NC(Cc1c[nH]c2ccccc12)C(=O)NC(C(=O)O)C(C)C. The lowest BCUT2D eigenvalue weighted by Crippen LogP contribution is -2.59. The van der Waals surface area contributed by atoms with Crippen LogP contribution in [0.15, 0.2) is 30.5 Å². The summed E-state index contributed by atoms with van der Waals surface area (Å²) in [4.78, 5) is 53.8. The first-order valence-corrected chi connectivity index (χ1v) is 13.5. The lowest BCUT2D eigenvalue weighted by atomic mass is 10.0. The van der Waals surface area contributed by atoms with Crippen LogP contribution in [0.1, 0.15) is 32.8 Å². The third-order valence-electron chi connectivity index (χ3n) is 6.03. The predicted molar refractivity (Wildman–Crippen MR) is 143 cm³/mol. The fourth-order valence-electron chi connectivity index (χ4n) is 3.76. The zero-order valence-corrected chi connectivity index (χ0v) is 22.3. The van der Waals surface area contributed by atoms with Gasteiger partial charge in [0.05, 0.1) is 6.10 Å². The van der Waals surface area contributed by atoms with Gasteiger partial charge in [-0.15, -0.1) is 0 Å². The van der Waals surface area contributed by atoms with Crippen molar-refractivity contribution in [3.05, 3.63) is 36.0 Å². The molecule has 0 saturated heterocycles. The lowest BCUT2D eigenvalue weighted by Gasteiger charge is -2.26. The molecule has 3 amide bonds. The van der Waals surface area contributed by atoms with Crippen LogP contribution in [0.25, 0.3) is 10.9 Å². The number of carbonyl (C=O) groups is 4. The van der Waals surface area contributed by atoms with E-state index < -0.39 is 54.0 Å². The molecule has 5 atom stereocenters. The number of hydrogen-bond donors (Lipinski definition) is 7. The third kappa shape index (κ3) is 8.48. The number of aromatic amines is 1. The topological polar surface area (TPSA) is 187 Å². The standard InChI is InChI=1S/C25H37N5O6S/c1-13(2)21(25(35)36)30-23(33)19(11-15-12-27-17-8-6-5-7-16(15)17)29-22(32)18(9-10-37-4)28-24(34)20(26)14(3)31/h5-8,12-14,18-21,27,31H,9-11,26H2,1-4H3,(H,28,34)(H,29,32)(H,30,33)(H,35,36). The van der Waals surface area contributed by atoms with Crippen molar-refractivity contribution < 1.29 is 29.4 Å². The Morgan fingerprint density at radius 1 is 1.00 bits per heavy atom. The van der Waals surface area contributed by atoms with Crippen LogP contribution in [0.5, 0.6) is 0 Å². The van der Waals surface area contributed by atoms with Crippen molar-refractivity contribution in [1.82, 2.24) is 20.9 Å². The van der Waals surface area contributed by atoms with Crippen molar-refractivity contribution in [3.8, 4) is 0 Å². The van der Waals surface area contributed by atoms with Crippen LogP contribution in [0.3, 0.4) is 0 Å². The van der Waals surface area contributed by atoms with E-state index in [2.05, 4.69) is 20.9 Å². The molecule has 2 rings (SSSR count). The fourth-order valence-corrected chi connectivity index (χ4v) is 4.23. The molecule has 204 valence electrons. The van der Waals surface area contributed by atoms with Crippen molar-refractivity contribution in [2.45, 2.75) is 63.9 Å². The number of H-pyrrole nitrogens is 1. The first-order chi connectivity index (χ1) is 17.5. The zero-order chi connectivity index (χ0) is 27.7. The highest BCUT2D eigenvalue weighted by Gasteiger charge is 2.32. The number of rotatable bonds is 14. The van der Waals surface area contributed by atoms with Crippen LogP contribution < -0.4 is 21.7 Å². The smallest absolute Gasteiger partial charge is 0.326 e. The van der Waals surface area contributed by atoms with Crippen LogP contribution in [0, 0.1) is 5.92 Å². The van der Waals surface area contributed by atoms with E-state index in [4.69, 9.17) is 5.73 Å². The molecule has 1 aromatic carbocycles. The summed E-state index contributed by atoms with van der Waals surface area (Å²) >= 11 is 1.47. The highest BCUT2D eigenvalue weighted by atomic mass is 32.2. The van der Waals surface area contributed by atoms with Gasteiger partial charge in [-0.1, -0.05) is 32.0 Å². The number of carboxylic acid groups (broad SMARTS) is 1. The largest absolute Gasteiger partial charge is 0.480 e. The molecule has 0 saturated carbocycles. The van der Waals surface area contributed by atoms with Gasteiger partial charge in [0.2, 0.25) is 17.7 Å². The minimum atomic E-state index is -1.22. The summed E-state index contributed by atoms with van der Waals surface area (Å²) in [5, 5.41) is 27.8. The van der Waals surface area contributed by atoms with Gasteiger partial charge in [0.15, 0.2) is 0 Å². The number of fused-ring (bicyclic) bond motifs is 1. The monoisotopic (exact) mass is 535 g/mol. The van der Waals surface area contributed by atoms with Crippen LogP contribution in [-0.2, 0) is 25.6 Å². The molecule has 1 aromatic heterocycles. The van der Waals surface area contributed by atoms with Crippen molar-refractivity contribution in [2.75, 3.05) is 12.0 Å². The van der Waals surface area contributed by atoms with Crippen molar-refractivity contribution >= 4 is 46.4 Å². The Kier molecular flexibility index (Phi) is 11.4. The molecule has 0 spiro atoms. The second-order valence-electron chi connectivity index (χ2n) is 9.30. The molecule has 0 aliphatic rings. The normalized spacial score (nSPS) is 15.4. The van der Waals surface area contributed by atoms with E-state index in [1.54, 1.807) is 20.0 Å². The Labute approximate surface area is 220 Å². The minimum absolute atomic E-state index is 0.0857. The van der Waals surface area contributed by atoms with E-state index in [0.29, 0.717) is 5.75 Å². The molecule has 5 unspecified atom stereocenters. The lowest BCUT2D eigenvalue weighted by molar-refractivity contribution is -0.143. The molecule has 11 nitrogen and oxygen atoms in total. The molecule has 0 fully saturated rings. The second-order valence-corrected chi connectivity index (χ2v) is 10.3. The number of amides is 3. The van der Waals surface area contributed by atoms with Gasteiger partial charge in [-0.2, -0.15) is 11.8 Å². The third-order valence-corrected chi connectivity index (χ3v) is 6.67. The van der Waals surface area contributed by atoms with E-state index >= 15 is 0 Å². The maximum atomic E-state index is 13.3. The van der Waals surface area contributed by atoms with Gasteiger partial charge >= 0.3 is 5.97 Å². The average molecular weight is 536 g/mol. The zero-order valence-electron chi connectivity index (χ0n) is 21.5. The Morgan fingerprint density at radius 2 is 1.62 bits per heavy atom. The first-order valence-electron chi connectivity index (χ1n) is 12.1. The van der Waals surface area contributed by atoms with E-state index in [1.807, 2.05) is 30.5 Å². The van der Waals surface area contributed by atoms with E-state index in [-0.39, 0.29) is 18.8 Å². The number of thioether (sulfide) groups is 1. The second kappa shape index (κ2) is 14.0. The summed E-state index contributed by atoms with van der Waals surface area (Å²) in [6, 6.07) is 2.98. The molecule has 0 aliphatic carbocycles. The van der Waals surface area contributed by atoms with Gasteiger partial charge in [0, 0.05) is 23.5 Å². The molecule has 1 heterocycles.